The summed E-state index contributed by atoms with van der Waals surface area (Å²) in [6.45, 7) is 0. The zero-order chi connectivity index (χ0) is 21.3. The third kappa shape index (κ3) is 3.02. The monoisotopic (exact) mass is 407 g/mol. The van der Waals surface area contributed by atoms with Crippen molar-refractivity contribution in [1.82, 2.24) is 14.4 Å². The molecule has 0 unspecified atom stereocenters. The van der Waals surface area contributed by atoms with Crippen molar-refractivity contribution in [1.29, 1.82) is 0 Å². The molecule has 1 N–H and O–H groups in total. The van der Waals surface area contributed by atoms with E-state index in [-0.39, 0.29) is 5.75 Å². The smallest absolute Gasteiger partial charge is 0.234 e. The Labute approximate surface area is 173 Å². The second-order valence-electron chi connectivity index (χ2n) is 6.39. The Morgan fingerprint density at radius 3 is 2.23 bits per heavy atom. The van der Waals surface area contributed by atoms with Gasteiger partial charge in [-0.05, 0) is 17.7 Å². The second kappa shape index (κ2) is 7.82. The second-order valence-corrected chi connectivity index (χ2v) is 6.39. The fraction of sp³-hybridized carbons (Fsp3) is 0.182. The third-order valence-corrected chi connectivity index (χ3v) is 4.87. The standard InChI is InChI=1S/C22H21N3O5/c1-27-14-7-5-13(6-8-14)15-12-24-22-23-9-10-25(22)19(15)18-16(26)11-17(28-2)20(29-3)21(18)30-4/h5-12,26H,1-4H3. The van der Waals surface area contributed by atoms with Gasteiger partial charge in [0.05, 0.1) is 39.7 Å². The highest BCUT2D eigenvalue weighted by atomic mass is 16.5. The van der Waals surface area contributed by atoms with E-state index in [1.807, 2.05) is 24.3 Å². The number of methoxy groups -OCH3 is 4. The zero-order valence-electron chi connectivity index (χ0n) is 17.0. The molecule has 4 aromatic rings. The predicted octanol–water partition coefficient (Wildman–Crippen LogP) is 3.80. The summed E-state index contributed by atoms with van der Waals surface area (Å²) >= 11 is 0. The zero-order valence-corrected chi connectivity index (χ0v) is 17.0. The minimum atomic E-state index is -0.0274. The topological polar surface area (TPSA) is 87.3 Å². The molecule has 30 heavy (non-hydrogen) atoms. The number of hydrogen-bond donors (Lipinski definition) is 1. The molecule has 0 atom stereocenters. The molecule has 0 radical (unpaired) electrons. The molecule has 0 saturated carbocycles. The lowest BCUT2D eigenvalue weighted by Crippen LogP contribution is -2.02. The van der Waals surface area contributed by atoms with Gasteiger partial charge >= 0.3 is 0 Å². The SMILES string of the molecule is COc1ccc(-c2cnc3nccn3c2-c2c(O)cc(OC)c(OC)c2OC)cc1. The highest BCUT2D eigenvalue weighted by Gasteiger charge is 2.26. The van der Waals surface area contributed by atoms with Crippen LogP contribution in [-0.2, 0) is 0 Å². The molecule has 8 nitrogen and oxygen atoms in total. The first kappa shape index (κ1) is 19.4. The number of hydrogen-bond acceptors (Lipinski definition) is 7. The van der Waals surface area contributed by atoms with Crippen LogP contribution in [0.2, 0.25) is 0 Å². The first-order valence-corrected chi connectivity index (χ1v) is 9.11. The number of phenolic OH excluding ortho intramolecular Hbond substituents is 1. The molecule has 0 aliphatic carbocycles. The average molecular weight is 407 g/mol. The molecule has 8 heteroatoms. The Balaban J connectivity index is 2.09. The average Bonchev–Trinajstić information content (AvgIpc) is 3.27. The van der Waals surface area contributed by atoms with E-state index >= 15 is 0 Å². The van der Waals surface area contributed by atoms with Crippen LogP contribution in [0.15, 0.2) is 48.9 Å². The van der Waals surface area contributed by atoms with Crippen molar-refractivity contribution in [3.63, 3.8) is 0 Å². The lowest BCUT2D eigenvalue weighted by atomic mass is 9.98. The molecule has 2 heterocycles. The Morgan fingerprint density at radius 2 is 1.60 bits per heavy atom. The van der Waals surface area contributed by atoms with Gasteiger partial charge in [-0.15, -0.1) is 0 Å². The maximum Gasteiger partial charge on any atom is 0.234 e. The maximum atomic E-state index is 11.0. The van der Waals surface area contributed by atoms with Crippen LogP contribution in [0.4, 0.5) is 0 Å². The van der Waals surface area contributed by atoms with Crippen molar-refractivity contribution in [3.8, 4) is 51.1 Å². The number of phenols is 1. The number of aromatic hydroxyl groups is 1. The summed E-state index contributed by atoms with van der Waals surface area (Å²) in [5.74, 6) is 2.27. The van der Waals surface area contributed by atoms with Crippen molar-refractivity contribution < 1.29 is 24.1 Å². The van der Waals surface area contributed by atoms with Gasteiger partial charge in [-0.25, -0.2) is 9.97 Å². The number of nitrogens with zero attached hydrogens (tertiary/aromatic N) is 3. The van der Waals surface area contributed by atoms with E-state index < -0.39 is 0 Å². The summed E-state index contributed by atoms with van der Waals surface area (Å²) in [6, 6.07) is 9.07. The van der Waals surface area contributed by atoms with E-state index in [1.165, 1.54) is 27.4 Å². The van der Waals surface area contributed by atoms with Crippen molar-refractivity contribution >= 4 is 5.78 Å². The number of fused-ring (bicyclic) bond motifs is 1. The van der Waals surface area contributed by atoms with Crippen LogP contribution in [0, 0.1) is 0 Å². The van der Waals surface area contributed by atoms with E-state index in [1.54, 1.807) is 30.1 Å². The molecule has 4 rings (SSSR count). The van der Waals surface area contributed by atoms with Gasteiger partial charge in [0.1, 0.15) is 11.5 Å². The number of aromatic nitrogens is 3. The van der Waals surface area contributed by atoms with Crippen molar-refractivity contribution in [3.05, 3.63) is 48.9 Å². The number of benzene rings is 2. The summed E-state index contributed by atoms with van der Waals surface area (Å²) in [5.41, 5.74) is 2.73. The van der Waals surface area contributed by atoms with Crippen LogP contribution in [0.3, 0.4) is 0 Å². The minimum absolute atomic E-state index is 0.0274. The molecule has 0 bridgehead atoms. The van der Waals surface area contributed by atoms with Crippen molar-refractivity contribution in [2.75, 3.05) is 28.4 Å². The van der Waals surface area contributed by atoms with Gasteiger partial charge in [-0.1, -0.05) is 12.1 Å². The predicted molar refractivity (Wildman–Crippen MR) is 112 cm³/mol. The van der Waals surface area contributed by atoms with Crippen molar-refractivity contribution in [2.45, 2.75) is 0 Å². The number of ether oxygens (including phenoxy) is 4. The van der Waals surface area contributed by atoms with Crippen LogP contribution in [0.1, 0.15) is 0 Å². The van der Waals surface area contributed by atoms with Gasteiger partial charge in [0, 0.05) is 30.2 Å². The van der Waals surface area contributed by atoms with Gasteiger partial charge in [0.15, 0.2) is 11.5 Å². The molecule has 0 spiro atoms. The van der Waals surface area contributed by atoms with Gasteiger partial charge in [0.25, 0.3) is 0 Å². The van der Waals surface area contributed by atoms with Crippen LogP contribution < -0.4 is 18.9 Å². The van der Waals surface area contributed by atoms with Crippen LogP contribution in [0.5, 0.6) is 28.7 Å². The lowest BCUT2D eigenvalue weighted by Gasteiger charge is -2.20. The van der Waals surface area contributed by atoms with Gasteiger partial charge in [-0.2, -0.15) is 0 Å². The molecule has 0 amide bonds. The van der Waals surface area contributed by atoms with Gasteiger partial charge < -0.3 is 24.1 Å². The molecule has 0 saturated heterocycles. The fourth-order valence-corrected chi connectivity index (χ4v) is 3.49. The van der Waals surface area contributed by atoms with E-state index in [2.05, 4.69) is 9.97 Å². The normalized spacial score (nSPS) is 10.8. The summed E-state index contributed by atoms with van der Waals surface area (Å²) in [5, 5.41) is 11.0. The van der Waals surface area contributed by atoms with Crippen LogP contribution in [-0.4, -0.2) is 47.9 Å². The highest BCUT2D eigenvalue weighted by Crippen LogP contribution is 2.51. The fourth-order valence-electron chi connectivity index (χ4n) is 3.49. The first-order valence-electron chi connectivity index (χ1n) is 9.11. The molecular weight excluding hydrogens is 386 g/mol. The summed E-state index contributed by atoms with van der Waals surface area (Å²) in [6.07, 6.45) is 5.14. The van der Waals surface area contributed by atoms with E-state index in [0.717, 1.165) is 16.9 Å². The van der Waals surface area contributed by atoms with Gasteiger partial charge in [0.2, 0.25) is 11.5 Å². The summed E-state index contributed by atoms with van der Waals surface area (Å²) < 4.78 is 23.6. The van der Waals surface area contributed by atoms with Crippen molar-refractivity contribution in [2.24, 2.45) is 0 Å². The Bertz CT molecular complexity index is 1200. The Hall–Kier alpha value is -3.94. The largest absolute Gasteiger partial charge is 0.507 e. The molecule has 154 valence electrons. The van der Waals surface area contributed by atoms with Crippen LogP contribution >= 0.6 is 0 Å². The molecule has 2 aromatic carbocycles. The number of rotatable bonds is 6. The molecule has 2 aromatic heterocycles. The van der Waals surface area contributed by atoms with E-state index in [0.29, 0.717) is 34.3 Å². The molecule has 0 aliphatic rings. The lowest BCUT2D eigenvalue weighted by molar-refractivity contribution is 0.321. The van der Waals surface area contributed by atoms with E-state index in [9.17, 15) is 5.11 Å². The molecule has 0 aliphatic heterocycles. The van der Waals surface area contributed by atoms with E-state index in [4.69, 9.17) is 18.9 Å². The molecular formula is C22H21N3O5. The summed E-state index contributed by atoms with van der Waals surface area (Å²) in [7, 11) is 6.15. The first-order chi connectivity index (χ1) is 14.6. The van der Waals surface area contributed by atoms with Gasteiger partial charge in [-0.3, -0.25) is 4.40 Å². The Kier molecular flexibility index (Phi) is 5.05. The summed E-state index contributed by atoms with van der Waals surface area (Å²) in [4.78, 5) is 8.73. The quantitative estimate of drug-likeness (QED) is 0.520. The number of imidazole rings is 1. The maximum absolute atomic E-state index is 11.0. The Morgan fingerprint density at radius 1 is 0.867 bits per heavy atom. The highest BCUT2D eigenvalue weighted by molar-refractivity contribution is 5.90. The minimum Gasteiger partial charge on any atom is -0.507 e. The third-order valence-electron chi connectivity index (χ3n) is 4.87. The molecule has 0 fully saturated rings. The van der Waals surface area contributed by atoms with Crippen LogP contribution in [0.25, 0.3) is 28.2 Å².